The third kappa shape index (κ3) is 4.30. The molecule has 3 N–H and O–H groups in total. The molecule has 1 aliphatic carbocycles. The number of urea groups is 1. The van der Waals surface area contributed by atoms with Crippen molar-refractivity contribution < 1.29 is 14.7 Å². The maximum absolute atomic E-state index is 12.0. The van der Waals surface area contributed by atoms with Crippen LogP contribution in [0.15, 0.2) is 0 Å². The molecule has 5 nitrogen and oxygen atoms in total. The summed E-state index contributed by atoms with van der Waals surface area (Å²) in [6.45, 7) is 4.85. The van der Waals surface area contributed by atoms with Crippen molar-refractivity contribution in [2.75, 3.05) is 12.8 Å². The molecule has 0 aromatic heterocycles. The van der Waals surface area contributed by atoms with Gasteiger partial charge in [-0.1, -0.05) is 13.8 Å². The number of carbonyl (C=O) groups excluding carboxylic acids is 1. The van der Waals surface area contributed by atoms with Crippen LogP contribution in [-0.2, 0) is 4.79 Å². The molecule has 20 heavy (non-hydrogen) atoms. The number of carboxylic acid groups (broad SMARTS) is 1. The van der Waals surface area contributed by atoms with E-state index in [0.717, 1.165) is 32.1 Å². The molecule has 0 radical (unpaired) electrons. The van der Waals surface area contributed by atoms with E-state index in [9.17, 15) is 9.59 Å². The second-order valence-corrected chi connectivity index (χ2v) is 6.88. The van der Waals surface area contributed by atoms with Gasteiger partial charge in [-0.2, -0.15) is 11.8 Å². The van der Waals surface area contributed by atoms with Gasteiger partial charge in [-0.05, 0) is 38.4 Å². The van der Waals surface area contributed by atoms with Crippen molar-refractivity contribution in [2.24, 2.45) is 0 Å². The summed E-state index contributed by atoms with van der Waals surface area (Å²) in [7, 11) is 0. The highest BCUT2D eigenvalue weighted by Crippen LogP contribution is 2.35. The summed E-state index contributed by atoms with van der Waals surface area (Å²) in [5, 5.41) is 14.7. The largest absolute Gasteiger partial charge is 0.481 e. The lowest BCUT2D eigenvalue weighted by Crippen LogP contribution is -2.58. The van der Waals surface area contributed by atoms with Gasteiger partial charge in [0.25, 0.3) is 0 Å². The van der Waals surface area contributed by atoms with E-state index >= 15 is 0 Å². The van der Waals surface area contributed by atoms with E-state index in [4.69, 9.17) is 5.11 Å². The number of carboxylic acids is 1. The van der Waals surface area contributed by atoms with Gasteiger partial charge >= 0.3 is 12.0 Å². The highest BCUT2D eigenvalue weighted by atomic mass is 32.2. The van der Waals surface area contributed by atoms with Crippen LogP contribution in [0.2, 0.25) is 0 Å². The molecule has 0 aromatic rings. The zero-order valence-electron chi connectivity index (χ0n) is 12.6. The minimum atomic E-state index is -0.856. The van der Waals surface area contributed by atoms with E-state index in [1.54, 1.807) is 11.8 Å². The highest BCUT2D eigenvalue weighted by molar-refractivity contribution is 8.00. The second-order valence-electron chi connectivity index (χ2n) is 5.61. The molecule has 2 amide bonds. The Morgan fingerprint density at radius 2 is 1.90 bits per heavy atom. The maximum atomic E-state index is 12.0. The van der Waals surface area contributed by atoms with Crippen LogP contribution in [0.5, 0.6) is 0 Å². The number of thioether (sulfide) groups is 1. The van der Waals surface area contributed by atoms with E-state index < -0.39 is 11.5 Å². The van der Waals surface area contributed by atoms with E-state index in [-0.39, 0.29) is 17.2 Å². The summed E-state index contributed by atoms with van der Waals surface area (Å²) in [5.41, 5.74) is -0.531. The summed E-state index contributed by atoms with van der Waals surface area (Å²) < 4.78 is 0.0664. The molecule has 1 rings (SSSR count). The molecular formula is C14H26N2O3S. The fraction of sp³-hybridized carbons (Fsp3) is 0.857. The zero-order valence-corrected chi connectivity index (χ0v) is 13.4. The van der Waals surface area contributed by atoms with Gasteiger partial charge in [0.15, 0.2) is 0 Å². The Balaban J connectivity index is 2.48. The first-order valence-electron chi connectivity index (χ1n) is 7.24. The third-order valence-corrected chi connectivity index (χ3v) is 6.06. The van der Waals surface area contributed by atoms with E-state index in [1.165, 1.54) is 0 Å². The highest BCUT2D eigenvalue weighted by Gasteiger charge is 2.40. The summed E-state index contributed by atoms with van der Waals surface area (Å²) >= 11 is 1.77. The van der Waals surface area contributed by atoms with Crippen molar-refractivity contribution in [3.8, 4) is 0 Å². The van der Waals surface area contributed by atoms with Crippen LogP contribution in [0.3, 0.4) is 0 Å². The lowest BCUT2D eigenvalue weighted by molar-refractivity contribution is -0.139. The van der Waals surface area contributed by atoms with Crippen molar-refractivity contribution in [1.82, 2.24) is 10.6 Å². The van der Waals surface area contributed by atoms with Crippen molar-refractivity contribution in [3.63, 3.8) is 0 Å². The van der Waals surface area contributed by atoms with Crippen LogP contribution >= 0.6 is 11.8 Å². The number of carbonyl (C=O) groups is 2. The van der Waals surface area contributed by atoms with E-state index in [1.807, 2.05) is 0 Å². The van der Waals surface area contributed by atoms with Crippen molar-refractivity contribution in [2.45, 2.75) is 62.7 Å². The number of amides is 2. The first-order valence-corrected chi connectivity index (χ1v) is 8.46. The van der Waals surface area contributed by atoms with Crippen LogP contribution in [-0.4, -0.2) is 40.2 Å². The Morgan fingerprint density at radius 1 is 1.30 bits per heavy atom. The predicted octanol–water partition coefficient (Wildman–Crippen LogP) is 2.60. The third-order valence-electron chi connectivity index (χ3n) is 4.47. The number of hydrogen-bond donors (Lipinski definition) is 3. The Morgan fingerprint density at radius 3 is 2.25 bits per heavy atom. The number of rotatable bonds is 8. The normalized spacial score (nSPS) is 17.1. The van der Waals surface area contributed by atoms with Crippen molar-refractivity contribution in [3.05, 3.63) is 0 Å². The molecule has 6 heteroatoms. The lowest BCUT2D eigenvalue weighted by atomic mass is 9.74. The minimum Gasteiger partial charge on any atom is -0.481 e. The molecule has 0 atom stereocenters. The van der Waals surface area contributed by atoms with Gasteiger partial charge in [-0.25, -0.2) is 4.79 Å². The van der Waals surface area contributed by atoms with Crippen LogP contribution in [0.1, 0.15) is 52.4 Å². The van der Waals surface area contributed by atoms with E-state index in [0.29, 0.717) is 6.54 Å². The van der Waals surface area contributed by atoms with Gasteiger partial charge in [0.2, 0.25) is 0 Å². The molecule has 0 saturated heterocycles. The van der Waals surface area contributed by atoms with Gasteiger partial charge in [0.1, 0.15) is 0 Å². The molecule has 0 unspecified atom stereocenters. The Hall–Kier alpha value is -0.910. The summed E-state index contributed by atoms with van der Waals surface area (Å²) in [4.78, 5) is 22.9. The molecule has 0 aromatic carbocycles. The van der Waals surface area contributed by atoms with Gasteiger partial charge in [-0.3, -0.25) is 4.79 Å². The predicted molar refractivity (Wildman–Crippen MR) is 82.2 cm³/mol. The summed E-state index contributed by atoms with van der Waals surface area (Å²) in [5.74, 6) is -0.856. The number of nitrogens with one attached hydrogen (secondary N) is 2. The first kappa shape index (κ1) is 17.1. The second kappa shape index (κ2) is 7.20. The van der Waals surface area contributed by atoms with Gasteiger partial charge in [0, 0.05) is 11.3 Å². The zero-order chi connectivity index (χ0) is 15.2. The molecule has 0 spiro atoms. The lowest BCUT2D eigenvalue weighted by Gasteiger charge is -2.41. The van der Waals surface area contributed by atoms with Crippen LogP contribution in [0.4, 0.5) is 4.79 Å². The smallest absolute Gasteiger partial charge is 0.315 e. The molecule has 1 saturated carbocycles. The standard InChI is InChI=1S/C14H26N2O3S/c1-4-14(5-2,20-3)10-15-12(19)16-13(7-6-8-13)9-11(17)18/h4-10H2,1-3H3,(H,17,18)(H2,15,16,19). The first-order chi connectivity index (χ1) is 9.41. The number of aliphatic carboxylic acids is 1. The minimum absolute atomic E-state index is 0.00957. The summed E-state index contributed by atoms with van der Waals surface area (Å²) in [6.07, 6.45) is 6.53. The fourth-order valence-electron chi connectivity index (χ4n) is 2.63. The van der Waals surface area contributed by atoms with Crippen LogP contribution in [0.25, 0.3) is 0 Å². The SMILES string of the molecule is CCC(CC)(CNC(=O)NC1(CC(=O)O)CCC1)SC. The average molecular weight is 302 g/mol. The van der Waals surface area contributed by atoms with E-state index in [2.05, 4.69) is 30.7 Å². The van der Waals surface area contributed by atoms with Crippen LogP contribution in [0, 0.1) is 0 Å². The topological polar surface area (TPSA) is 78.4 Å². The maximum Gasteiger partial charge on any atom is 0.315 e. The Labute approximate surface area is 125 Å². The molecule has 1 aliphatic rings. The van der Waals surface area contributed by atoms with Gasteiger partial charge in [-0.15, -0.1) is 0 Å². The van der Waals surface area contributed by atoms with Crippen molar-refractivity contribution >= 4 is 23.8 Å². The Bertz CT molecular complexity index is 344. The molecule has 0 aliphatic heterocycles. The Kier molecular flexibility index (Phi) is 6.17. The molecular weight excluding hydrogens is 276 g/mol. The fourth-order valence-corrected chi connectivity index (χ4v) is 3.42. The number of hydrogen-bond acceptors (Lipinski definition) is 3. The van der Waals surface area contributed by atoms with Gasteiger partial charge in [0.05, 0.1) is 12.0 Å². The molecule has 0 bridgehead atoms. The molecule has 1 fully saturated rings. The molecule has 116 valence electrons. The van der Waals surface area contributed by atoms with Crippen LogP contribution < -0.4 is 10.6 Å². The monoisotopic (exact) mass is 302 g/mol. The van der Waals surface area contributed by atoms with Crippen molar-refractivity contribution in [1.29, 1.82) is 0 Å². The quantitative estimate of drug-likeness (QED) is 0.644. The van der Waals surface area contributed by atoms with Gasteiger partial charge < -0.3 is 15.7 Å². The molecule has 0 heterocycles. The summed E-state index contributed by atoms with van der Waals surface area (Å²) in [6, 6.07) is -0.244. The average Bonchev–Trinajstić information content (AvgIpc) is 2.38.